The zero-order valence-corrected chi connectivity index (χ0v) is 10.5. The molecule has 1 saturated carbocycles. The minimum absolute atomic E-state index is 0.0785. The summed E-state index contributed by atoms with van der Waals surface area (Å²) in [5.74, 6) is 1.08. The second-order valence-corrected chi connectivity index (χ2v) is 5.46. The van der Waals surface area contributed by atoms with Gasteiger partial charge in [-0.1, -0.05) is 0 Å². The molecule has 3 N–H and O–H groups in total. The molecule has 1 saturated heterocycles. The van der Waals surface area contributed by atoms with Crippen molar-refractivity contribution in [1.29, 1.82) is 0 Å². The topological polar surface area (TPSA) is 66.6 Å². The van der Waals surface area contributed by atoms with Crippen LogP contribution in [0.2, 0.25) is 0 Å². The Morgan fingerprint density at radius 2 is 1.94 bits per heavy atom. The lowest BCUT2D eigenvalue weighted by molar-refractivity contribution is -0.138. The van der Waals surface area contributed by atoms with Gasteiger partial charge in [-0.25, -0.2) is 0 Å². The molecule has 0 unspecified atom stereocenters. The Morgan fingerprint density at radius 3 is 2.53 bits per heavy atom. The summed E-state index contributed by atoms with van der Waals surface area (Å²) < 4.78 is 0. The first-order valence-electron chi connectivity index (χ1n) is 6.87. The molecule has 0 aromatic rings. The minimum Gasteiger partial charge on any atom is -0.394 e. The fourth-order valence-corrected chi connectivity index (χ4v) is 3.20. The Balaban J connectivity index is 1.88. The molecule has 0 aromatic heterocycles. The van der Waals surface area contributed by atoms with Gasteiger partial charge in [-0.15, -0.1) is 0 Å². The van der Waals surface area contributed by atoms with Crippen LogP contribution in [-0.2, 0) is 4.79 Å². The number of carbonyl (C=O) groups excluding carboxylic acids is 1. The highest BCUT2D eigenvalue weighted by Gasteiger charge is 2.34. The number of rotatable bonds is 3. The third-order valence-corrected chi connectivity index (χ3v) is 4.40. The van der Waals surface area contributed by atoms with Gasteiger partial charge in [0.2, 0.25) is 5.91 Å². The lowest BCUT2D eigenvalue weighted by Crippen LogP contribution is -2.42. The van der Waals surface area contributed by atoms with Gasteiger partial charge in [0.25, 0.3) is 0 Å². The van der Waals surface area contributed by atoms with Crippen molar-refractivity contribution >= 4 is 5.91 Å². The van der Waals surface area contributed by atoms with Gasteiger partial charge < -0.3 is 15.7 Å². The number of aliphatic hydroxyl groups is 1. The molecule has 17 heavy (non-hydrogen) atoms. The van der Waals surface area contributed by atoms with E-state index in [2.05, 4.69) is 0 Å². The van der Waals surface area contributed by atoms with Crippen molar-refractivity contribution in [2.24, 2.45) is 17.6 Å². The van der Waals surface area contributed by atoms with Crippen molar-refractivity contribution in [3.05, 3.63) is 0 Å². The van der Waals surface area contributed by atoms with E-state index in [1.54, 1.807) is 0 Å². The lowest BCUT2D eigenvalue weighted by atomic mass is 9.81. The van der Waals surface area contributed by atoms with Crippen LogP contribution in [0.25, 0.3) is 0 Å². The third kappa shape index (κ3) is 2.80. The summed E-state index contributed by atoms with van der Waals surface area (Å²) in [4.78, 5) is 14.3. The quantitative estimate of drug-likeness (QED) is 0.764. The molecule has 1 atom stereocenters. The summed E-state index contributed by atoms with van der Waals surface area (Å²) in [6.07, 6.45) is 6.13. The van der Waals surface area contributed by atoms with E-state index in [-0.39, 0.29) is 24.5 Å². The van der Waals surface area contributed by atoms with E-state index in [0.717, 1.165) is 51.6 Å². The molecule has 0 radical (unpaired) electrons. The molecule has 98 valence electrons. The van der Waals surface area contributed by atoms with Gasteiger partial charge in [-0.05, 0) is 51.0 Å². The number of carbonyl (C=O) groups is 1. The largest absolute Gasteiger partial charge is 0.394 e. The van der Waals surface area contributed by atoms with Crippen molar-refractivity contribution < 1.29 is 9.90 Å². The molecule has 1 aliphatic heterocycles. The van der Waals surface area contributed by atoms with Crippen LogP contribution in [0.1, 0.15) is 38.5 Å². The number of nitrogens with two attached hydrogens (primary N) is 1. The third-order valence-electron chi connectivity index (χ3n) is 4.40. The minimum atomic E-state index is 0.0785. The van der Waals surface area contributed by atoms with Crippen molar-refractivity contribution in [3.63, 3.8) is 0 Å². The molecular formula is C13H24N2O2. The maximum Gasteiger partial charge on any atom is 0.226 e. The maximum absolute atomic E-state index is 12.3. The van der Waals surface area contributed by atoms with Gasteiger partial charge in [-0.3, -0.25) is 4.79 Å². The average molecular weight is 240 g/mol. The van der Waals surface area contributed by atoms with Crippen LogP contribution >= 0.6 is 0 Å². The Bertz CT molecular complexity index is 262. The first-order valence-corrected chi connectivity index (χ1v) is 6.87. The molecule has 0 bridgehead atoms. The highest BCUT2D eigenvalue weighted by molar-refractivity contribution is 5.79. The van der Waals surface area contributed by atoms with E-state index in [0.29, 0.717) is 5.92 Å². The zero-order valence-electron chi connectivity index (χ0n) is 10.5. The number of aliphatic hydroxyl groups excluding tert-OH is 1. The van der Waals surface area contributed by atoms with Gasteiger partial charge in [-0.2, -0.15) is 0 Å². The molecule has 2 rings (SSSR count). The Labute approximate surface area is 103 Å². The summed E-state index contributed by atoms with van der Waals surface area (Å²) in [7, 11) is 0. The number of hydrogen-bond acceptors (Lipinski definition) is 3. The number of likely N-dealkylation sites (tertiary alicyclic amines) is 1. The van der Waals surface area contributed by atoms with Crippen LogP contribution in [0.4, 0.5) is 0 Å². The molecule has 1 aliphatic carbocycles. The molecular weight excluding hydrogens is 216 g/mol. The van der Waals surface area contributed by atoms with Crippen LogP contribution < -0.4 is 5.73 Å². The molecule has 0 spiro atoms. The summed E-state index contributed by atoms with van der Waals surface area (Å²) in [5, 5.41) is 9.25. The van der Waals surface area contributed by atoms with Crippen molar-refractivity contribution in [3.8, 4) is 0 Å². The Kier molecular flexibility index (Phi) is 4.40. The van der Waals surface area contributed by atoms with E-state index in [9.17, 15) is 9.90 Å². The van der Waals surface area contributed by atoms with Gasteiger partial charge in [0, 0.05) is 12.5 Å². The van der Waals surface area contributed by atoms with Crippen molar-refractivity contribution in [1.82, 2.24) is 4.90 Å². The van der Waals surface area contributed by atoms with E-state index in [1.807, 2.05) is 4.90 Å². The zero-order chi connectivity index (χ0) is 12.3. The molecule has 0 aromatic carbocycles. The predicted molar refractivity (Wildman–Crippen MR) is 66.3 cm³/mol. The molecule has 4 heteroatoms. The number of amides is 1. The lowest BCUT2D eigenvalue weighted by Gasteiger charge is -2.32. The standard InChI is InChI=1S/C13H24N2O2/c14-8-10-3-5-11(6-4-10)13(17)15-7-1-2-12(15)9-16/h10-12,16H,1-9,14H2/t10?,11?,12-/m1/s1. The fourth-order valence-electron chi connectivity index (χ4n) is 3.20. The average Bonchev–Trinajstić information content (AvgIpc) is 2.86. The Hall–Kier alpha value is -0.610. The second kappa shape index (κ2) is 5.83. The summed E-state index contributed by atoms with van der Waals surface area (Å²) in [6.45, 7) is 1.70. The van der Waals surface area contributed by atoms with Crippen LogP contribution in [0.15, 0.2) is 0 Å². The predicted octanol–water partition coefficient (Wildman–Crippen LogP) is 0.735. The van der Waals surface area contributed by atoms with Gasteiger partial charge >= 0.3 is 0 Å². The first kappa shape index (κ1) is 12.8. The van der Waals surface area contributed by atoms with Crippen LogP contribution in [0.5, 0.6) is 0 Å². The van der Waals surface area contributed by atoms with Crippen molar-refractivity contribution in [2.75, 3.05) is 19.7 Å². The van der Waals surface area contributed by atoms with Gasteiger partial charge in [0.1, 0.15) is 0 Å². The van der Waals surface area contributed by atoms with Crippen LogP contribution in [-0.4, -0.2) is 41.7 Å². The van der Waals surface area contributed by atoms with E-state index >= 15 is 0 Å². The summed E-state index contributed by atoms with van der Waals surface area (Å²) >= 11 is 0. The summed E-state index contributed by atoms with van der Waals surface area (Å²) in [6, 6.07) is 0.0785. The maximum atomic E-state index is 12.3. The normalized spacial score (nSPS) is 34.0. The van der Waals surface area contributed by atoms with Crippen LogP contribution in [0.3, 0.4) is 0 Å². The van der Waals surface area contributed by atoms with Crippen molar-refractivity contribution in [2.45, 2.75) is 44.6 Å². The van der Waals surface area contributed by atoms with Gasteiger partial charge in [0.05, 0.1) is 12.6 Å². The van der Waals surface area contributed by atoms with E-state index in [1.165, 1.54) is 0 Å². The second-order valence-electron chi connectivity index (χ2n) is 5.46. The fraction of sp³-hybridized carbons (Fsp3) is 0.923. The van der Waals surface area contributed by atoms with E-state index < -0.39 is 0 Å². The van der Waals surface area contributed by atoms with Crippen LogP contribution in [0, 0.1) is 11.8 Å². The highest BCUT2D eigenvalue weighted by atomic mass is 16.3. The monoisotopic (exact) mass is 240 g/mol. The number of nitrogens with zero attached hydrogens (tertiary/aromatic N) is 1. The highest BCUT2D eigenvalue weighted by Crippen LogP contribution is 2.31. The molecule has 1 amide bonds. The molecule has 1 heterocycles. The smallest absolute Gasteiger partial charge is 0.226 e. The SMILES string of the molecule is NCC1CCC(C(=O)N2CCC[C@@H]2CO)CC1. The summed E-state index contributed by atoms with van der Waals surface area (Å²) in [5.41, 5.74) is 5.66. The molecule has 2 fully saturated rings. The number of hydrogen-bond donors (Lipinski definition) is 2. The Morgan fingerprint density at radius 1 is 1.24 bits per heavy atom. The van der Waals surface area contributed by atoms with Gasteiger partial charge in [0.15, 0.2) is 0 Å². The molecule has 4 nitrogen and oxygen atoms in total. The molecule has 2 aliphatic rings. The van der Waals surface area contributed by atoms with E-state index in [4.69, 9.17) is 5.73 Å². The first-order chi connectivity index (χ1) is 8.26.